The number of hydrogen-bond acceptors (Lipinski definition) is 6. The molecular formula is C14H31NO5S. The van der Waals surface area contributed by atoms with E-state index in [-0.39, 0.29) is 24.0 Å². The molecule has 0 aliphatic heterocycles. The quantitative estimate of drug-likeness (QED) is 0.449. The number of unbranched alkanes of at least 4 members (excludes halogenated alkanes) is 1. The molecule has 128 valence electrons. The molecule has 0 aliphatic carbocycles. The van der Waals surface area contributed by atoms with Crippen molar-refractivity contribution in [2.45, 2.75) is 26.7 Å². The zero-order valence-corrected chi connectivity index (χ0v) is 14.2. The van der Waals surface area contributed by atoms with Gasteiger partial charge in [-0.2, -0.15) is 0 Å². The van der Waals surface area contributed by atoms with Crippen LogP contribution >= 0.6 is 0 Å². The lowest BCUT2D eigenvalue weighted by molar-refractivity contribution is 0.0167. The largest absolute Gasteiger partial charge is 0.379 e. The summed E-state index contributed by atoms with van der Waals surface area (Å²) in [7, 11) is -3.07. The van der Waals surface area contributed by atoms with Gasteiger partial charge in [-0.25, -0.2) is 8.42 Å². The summed E-state index contributed by atoms with van der Waals surface area (Å²) in [5, 5.41) is 0. The number of sulfone groups is 1. The van der Waals surface area contributed by atoms with Crippen LogP contribution in [0.15, 0.2) is 0 Å². The smallest absolute Gasteiger partial charge is 0.152 e. The molecule has 2 N–H and O–H groups in total. The van der Waals surface area contributed by atoms with Gasteiger partial charge < -0.3 is 19.9 Å². The highest BCUT2D eigenvalue weighted by atomic mass is 32.2. The molecule has 1 unspecified atom stereocenters. The van der Waals surface area contributed by atoms with Gasteiger partial charge in [0.05, 0.1) is 44.5 Å². The first kappa shape index (κ1) is 20.8. The zero-order chi connectivity index (χ0) is 16.0. The lowest BCUT2D eigenvalue weighted by Gasteiger charge is -2.10. The van der Waals surface area contributed by atoms with Gasteiger partial charge in [0.15, 0.2) is 9.84 Å². The van der Waals surface area contributed by atoms with Crippen LogP contribution in [-0.4, -0.2) is 66.1 Å². The summed E-state index contributed by atoms with van der Waals surface area (Å²) in [5.41, 5.74) is 5.42. The zero-order valence-electron chi connectivity index (χ0n) is 13.4. The lowest BCUT2D eigenvalue weighted by Crippen LogP contribution is -2.25. The van der Waals surface area contributed by atoms with Crippen LogP contribution in [-0.2, 0) is 24.0 Å². The summed E-state index contributed by atoms with van der Waals surface area (Å²) >= 11 is 0. The van der Waals surface area contributed by atoms with Crippen molar-refractivity contribution < 1.29 is 22.6 Å². The molecule has 0 aliphatic rings. The number of ether oxygens (including phenoxy) is 3. The van der Waals surface area contributed by atoms with Crippen LogP contribution in [0.2, 0.25) is 0 Å². The molecule has 0 saturated carbocycles. The molecule has 0 spiro atoms. The Balaban J connectivity index is 3.36. The van der Waals surface area contributed by atoms with E-state index in [0.29, 0.717) is 33.0 Å². The van der Waals surface area contributed by atoms with Gasteiger partial charge >= 0.3 is 0 Å². The Labute approximate surface area is 129 Å². The third-order valence-electron chi connectivity index (χ3n) is 2.87. The van der Waals surface area contributed by atoms with Gasteiger partial charge in [0, 0.05) is 6.61 Å². The molecule has 0 heterocycles. The second-order valence-corrected chi connectivity index (χ2v) is 7.37. The van der Waals surface area contributed by atoms with Crippen molar-refractivity contribution in [3.63, 3.8) is 0 Å². The molecule has 0 saturated heterocycles. The van der Waals surface area contributed by atoms with Crippen LogP contribution in [0, 0.1) is 5.92 Å². The van der Waals surface area contributed by atoms with Crippen LogP contribution < -0.4 is 5.73 Å². The molecule has 0 bridgehead atoms. The average molecular weight is 325 g/mol. The number of hydrogen-bond donors (Lipinski definition) is 1. The summed E-state index contributed by atoms with van der Waals surface area (Å²) < 4.78 is 39.3. The first-order valence-electron chi connectivity index (χ1n) is 7.65. The molecular weight excluding hydrogens is 294 g/mol. The Hall–Kier alpha value is -0.210. The predicted octanol–water partition coefficient (Wildman–Crippen LogP) is 0.846. The maximum absolute atomic E-state index is 11.7. The molecule has 7 heteroatoms. The van der Waals surface area contributed by atoms with E-state index >= 15 is 0 Å². The Morgan fingerprint density at radius 1 is 0.952 bits per heavy atom. The first-order valence-corrected chi connectivity index (χ1v) is 9.47. The Morgan fingerprint density at radius 2 is 1.48 bits per heavy atom. The van der Waals surface area contributed by atoms with Crippen LogP contribution in [0.25, 0.3) is 0 Å². The van der Waals surface area contributed by atoms with E-state index in [9.17, 15) is 8.42 Å². The average Bonchev–Trinajstić information content (AvgIpc) is 2.44. The first-order chi connectivity index (χ1) is 10.0. The van der Waals surface area contributed by atoms with E-state index < -0.39 is 9.84 Å². The SMILES string of the molecule is CCCCOCCOCCOCCS(=O)(=O)CC(C)CN. The molecule has 0 fully saturated rings. The highest BCUT2D eigenvalue weighted by Crippen LogP contribution is 2.00. The summed E-state index contributed by atoms with van der Waals surface area (Å²) in [6.45, 7) is 7.29. The van der Waals surface area contributed by atoms with Gasteiger partial charge in [-0.1, -0.05) is 20.3 Å². The summed E-state index contributed by atoms with van der Waals surface area (Å²) in [6.07, 6.45) is 2.20. The second-order valence-electron chi connectivity index (χ2n) is 5.15. The summed E-state index contributed by atoms with van der Waals surface area (Å²) in [4.78, 5) is 0. The molecule has 1 atom stereocenters. The predicted molar refractivity (Wildman–Crippen MR) is 84.2 cm³/mol. The fourth-order valence-electron chi connectivity index (χ4n) is 1.56. The van der Waals surface area contributed by atoms with Crippen LogP contribution in [0.5, 0.6) is 0 Å². The third-order valence-corrected chi connectivity index (χ3v) is 4.73. The van der Waals surface area contributed by atoms with Gasteiger partial charge in [0.2, 0.25) is 0 Å². The topological polar surface area (TPSA) is 87.9 Å². The van der Waals surface area contributed by atoms with Crippen LogP contribution in [0.3, 0.4) is 0 Å². The molecule has 0 aromatic carbocycles. The monoisotopic (exact) mass is 325 g/mol. The molecule has 21 heavy (non-hydrogen) atoms. The van der Waals surface area contributed by atoms with E-state index in [2.05, 4.69) is 6.92 Å². The number of rotatable bonds is 15. The molecule has 6 nitrogen and oxygen atoms in total. The molecule has 0 radical (unpaired) electrons. The molecule has 0 amide bonds. The minimum Gasteiger partial charge on any atom is -0.379 e. The van der Waals surface area contributed by atoms with Crippen LogP contribution in [0.4, 0.5) is 0 Å². The van der Waals surface area contributed by atoms with Crippen molar-refractivity contribution in [1.29, 1.82) is 0 Å². The fourth-order valence-corrected chi connectivity index (χ4v) is 3.10. The van der Waals surface area contributed by atoms with Gasteiger partial charge in [0.1, 0.15) is 0 Å². The molecule has 0 aromatic rings. The fraction of sp³-hybridized carbons (Fsp3) is 1.00. The summed E-state index contributed by atoms with van der Waals surface area (Å²) in [6, 6.07) is 0. The Morgan fingerprint density at radius 3 is 2.00 bits per heavy atom. The van der Waals surface area contributed by atoms with Crippen LogP contribution in [0.1, 0.15) is 26.7 Å². The second kappa shape index (κ2) is 13.5. The standard InChI is InChI=1S/C14H31NO5S/c1-3-4-5-18-6-7-19-8-9-20-10-11-21(16,17)13-14(2)12-15/h14H,3-13,15H2,1-2H3. The lowest BCUT2D eigenvalue weighted by atomic mass is 10.2. The summed E-state index contributed by atoms with van der Waals surface area (Å²) in [5.74, 6) is 0.154. The van der Waals surface area contributed by atoms with E-state index in [1.807, 2.05) is 6.92 Å². The van der Waals surface area contributed by atoms with E-state index in [4.69, 9.17) is 19.9 Å². The van der Waals surface area contributed by atoms with Gasteiger partial charge in [-0.3, -0.25) is 0 Å². The van der Waals surface area contributed by atoms with E-state index in [0.717, 1.165) is 19.4 Å². The molecule has 0 aromatic heterocycles. The Bertz CT molecular complexity index is 321. The highest BCUT2D eigenvalue weighted by molar-refractivity contribution is 7.91. The van der Waals surface area contributed by atoms with Gasteiger partial charge in [-0.05, 0) is 18.9 Å². The van der Waals surface area contributed by atoms with Crippen molar-refractivity contribution in [2.75, 3.05) is 57.7 Å². The minimum absolute atomic E-state index is 0.00829. The van der Waals surface area contributed by atoms with E-state index in [1.165, 1.54) is 0 Å². The van der Waals surface area contributed by atoms with Crippen molar-refractivity contribution in [3.8, 4) is 0 Å². The van der Waals surface area contributed by atoms with Gasteiger partial charge in [-0.15, -0.1) is 0 Å². The van der Waals surface area contributed by atoms with Crippen molar-refractivity contribution >= 4 is 9.84 Å². The minimum atomic E-state index is -3.07. The van der Waals surface area contributed by atoms with Crippen molar-refractivity contribution in [1.82, 2.24) is 0 Å². The van der Waals surface area contributed by atoms with Crippen molar-refractivity contribution in [2.24, 2.45) is 11.7 Å². The Kier molecular flexibility index (Phi) is 13.3. The van der Waals surface area contributed by atoms with Gasteiger partial charge in [0.25, 0.3) is 0 Å². The van der Waals surface area contributed by atoms with E-state index in [1.54, 1.807) is 0 Å². The maximum Gasteiger partial charge on any atom is 0.152 e. The normalized spacial score (nSPS) is 13.5. The van der Waals surface area contributed by atoms with Crippen molar-refractivity contribution in [3.05, 3.63) is 0 Å². The number of nitrogens with two attached hydrogens (primary N) is 1. The maximum atomic E-state index is 11.7. The third kappa shape index (κ3) is 14.5. The highest BCUT2D eigenvalue weighted by Gasteiger charge is 2.14. The molecule has 0 rings (SSSR count).